The summed E-state index contributed by atoms with van der Waals surface area (Å²) in [6.45, 7) is 1.65. The lowest BCUT2D eigenvalue weighted by atomic mass is 9.79. The van der Waals surface area contributed by atoms with E-state index in [1.807, 2.05) is 0 Å². The maximum absolute atomic E-state index is 11.9. The van der Waals surface area contributed by atoms with Crippen LogP contribution in [0.1, 0.15) is 12.5 Å². The zero-order valence-electron chi connectivity index (χ0n) is 10.2. The summed E-state index contributed by atoms with van der Waals surface area (Å²) in [6.07, 6.45) is 0. The lowest BCUT2D eigenvalue weighted by Crippen LogP contribution is -2.44. The Kier molecular flexibility index (Phi) is 2.86. The molecule has 1 aromatic carbocycles. The number of benzene rings is 1. The van der Waals surface area contributed by atoms with Crippen molar-refractivity contribution in [1.82, 2.24) is 4.90 Å². The molecule has 1 saturated heterocycles. The van der Waals surface area contributed by atoms with E-state index in [1.54, 1.807) is 37.3 Å². The van der Waals surface area contributed by atoms with Gasteiger partial charge in [-0.2, -0.15) is 0 Å². The fraction of sp³-hybridized carbons (Fsp3) is 0.385. The number of aliphatic carboxylic acids is 1. The highest BCUT2D eigenvalue weighted by molar-refractivity contribution is 6.00. The van der Waals surface area contributed by atoms with E-state index < -0.39 is 29.4 Å². The van der Waals surface area contributed by atoms with Gasteiger partial charge in [-0.25, -0.2) is 0 Å². The Bertz CT molecular complexity index is 487. The third-order valence-corrected chi connectivity index (χ3v) is 3.74. The summed E-state index contributed by atoms with van der Waals surface area (Å²) in [5.41, 5.74) is -1.25. The first kappa shape index (κ1) is 12.6. The molecular formula is C13H15NO4. The molecule has 0 bridgehead atoms. The van der Waals surface area contributed by atoms with Crippen molar-refractivity contribution in [3.8, 4) is 0 Å². The average Bonchev–Trinajstić information content (AvgIpc) is 2.53. The van der Waals surface area contributed by atoms with Gasteiger partial charge >= 0.3 is 5.97 Å². The summed E-state index contributed by atoms with van der Waals surface area (Å²) in [5, 5.41) is 20.0. The molecule has 0 radical (unpaired) electrons. The second kappa shape index (κ2) is 4.10. The minimum atomic E-state index is -1.70. The van der Waals surface area contributed by atoms with Crippen LogP contribution in [0.3, 0.4) is 0 Å². The number of aliphatic hydroxyl groups is 1. The Morgan fingerprint density at radius 1 is 1.33 bits per heavy atom. The molecular weight excluding hydrogens is 234 g/mol. The highest BCUT2D eigenvalue weighted by Crippen LogP contribution is 2.42. The molecule has 1 aliphatic rings. The molecule has 2 N–H and O–H groups in total. The van der Waals surface area contributed by atoms with Gasteiger partial charge in [-0.15, -0.1) is 0 Å². The van der Waals surface area contributed by atoms with Crippen molar-refractivity contribution in [2.75, 3.05) is 7.05 Å². The van der Waals surface area contributed by atoms with Crippen molar-refractivity contribution >= 4 is 11.9 Å². The van der Waals surface area contributed by atoms with Gasteiger partial charge in [-0.05, 0) is 12.5 Å². The minimum absolute atomic E-state index is 0.447. The molecule has 5 heteroatoms. The summed E-state index contributed by atoms with van der Waals surface area (Å²) in [7, 11) is 1.50. The van der Waals surface area contributed by atoms with E-state index in [0.717, 1.165) is 0 Å². The van der Waals surface area contributed by atoms with Crippen LogP contribution in [0.5, 0.6) is 0 Å². The van der Waals surface area contributed by atoms with Crippen molar-refractivity contribution in [2.24, 2.45) is 5.92 Å². The second-order valence-electron chi connectivity index (χ2n) is 4.59. The number of nitrogens with zero attached hydrogens (tertiary/aromatic N) is 1. The van der Waals surface area contributed by atoms with Gasteiger partial charge in [0.25, 0.3) is 0 Å². The zero-order chi connectivity index (χ0) is 13.5. The average molecular weight is 249 g/mol. The standard InChI is InChI=1S/C13H15NO4/c1-8-13(18,9-6-4-3-5-7-9)10(12(16)17)11(15)14(8)2/h3-8,10,18H,1-2H3,(H,16,17)/t8-,10+,13-/m0/s1. The monoisotopic (exact) mass is 249 g/mol. The molecule has 18 heavy (non-hydrogen) atoms. The molecule has 5 nitrogen and oxygen atoms in total. The van der Waals surface area contributed by atoms with Gasteiger partial charge in [-0.3, -0.25) is 9.59 Å². The first-order valence-corrected chi connectivity index (χ1v) is 5.68. The number of carbonyl (C=O) groups excluding carboxylic acids is 1. The molecule has 0 spiro atoms. The Morgan fingerprint density at radius 2 is 1.89 bits per heavy atom. The van der Waals surface area contributed by atoms with Crippen LogP contribution in [0.15, 0.2) is 30.3 Å². The molecule has 1 aromatic rings. The molecule has 1 heterocycles. The van der Waals surface area contributed by atoms with Gasteiger partial charge in [0, 0.05) is 7.05 Å². The lowest BCUT2D eigenvalue weighted by Gasteiger charge is -2.31. The number of carboxylic acids is 1. The second-order valence-corrected chi connectivity index (χ2v) is 4.59. The highest BCUT2D eigenvalue weighted by atomic mass is 16.4. The van der Waals surface area contributed by atoms with Gasteiger partial charge in [0.1, 0.15) is 5.60 Å². The van der Waals surface area contributed by atoms with Gasteiger partial charge in [-0.1, -0.05) is 30.3 Å². The van der Waals surface area contributed by atoms with Crippen LogP contribution in [0, 0.1) is 5.92 Å². The van der Waals surface area contributed by atoms with E-state index >= 15 is 0 Å². The van der Waals surface area contributed by atoms with Crippen LogP contribution in [0.4, 0.5) is 0 Å². The number of likely N-dealkylation sites (N-methyl/N-ethyl adjacent to an activating group) is 1. The van der Waals surface area contributed by atoms with Crippen LogP contribution in [0.25, 0.3) is 0 Å². The van der Waals surface area contributed by atoms with Gasteiger partial charge in [0.2, 0.25) is 5.91 Å². The van der Waals surface area contributed by atoms with Crippen LogP contribution in [0.2, 0.25) is 0 Å². The van der Waals surface area contributed by atoms with Crippen LogP contribution in [-0.2, 0) is 15.2 Å². The predicted octanol–water partition coefficient (Wildman–Crippen LogP) is 0.435. The van der Waals surface area contributed by atoms with Gasteiger partial charge < -0.3 is 15.1 Å². The van der Waals surface area contributed by atoms with Gasteiger partial charge in [0.05, 0.1) is 6.04 Å². The Labute approximate surface area is 105 Å². The van der Waals surface area contributed by atoms with E-state index in [0.29, 0.717) is 5.56 Å². The predicted molar refractivity (Wildman–Crippen MR) is 63.7 cm³/mol. The number of hydrogen-bond acceptors (Lipinski definition) is 3. The van der Waals surface area contributed by atoms with Crippen LogP contribution < -0.4 is 0 Å². The van der Waals surface area contributed by atoms with Crippen molar-refractivity contribution in [2.45, 2.75) is 18.6 Å². The third-order valence-electron chi connectivity index (χ3n) is 3.74. The molecule has 3 atom stereocenters. The van der Waals surface area contributed by atoms with E-state index in [9.17, 15) is 19.8 Å². The quantitative estimate of drug-likeness (QED) is 0.745. The molecule has 1 fully saturated rings. The Hall–Kier alpha value is -1.88. The van der Waals surface area contributed by atoms with Crippen LogP contribution >= 0.6 is 0 Å². The maximum Gasteiger partial charge on any atom is 0.319 e. The third kappa shape index (κ3) is 1.51. The smallest absolute Gasteiger partial charge is 0.319 e. The van der Waals surface area contributed by atoms with Crippen LogP contribution in [-0.4, -0.2) is 40.1 Å². The Balaban J connectivity index is 2.58. The maximum atomic E-state index is 11.9. The fourth-order valence-electron chi connectivity index (χ4n) is 2.53. The highest BCUT2D eigenvalue weighted by Gasteiger charge is 2.59. The van der Waals surface area contributed by atoms with Crippen molar-refractivity contribution in [1.29, 1.82) is 0 Å². The minimum Gasteiger partial charge on any atom is -0.481 e. The summed E-state index contributed by atoms with van der Waals surface area (Å²) in [5.74, 6) is -3.33. The lowest BCUT2D eigenvalue weighted by molar-refractivity contribution is -0.155. The molecule has 0 aromatic heterocycles. The summed E-state index contributed by atoms with van der Waals surface area (Å²) < 4.78 is 0. The molecule has 2 rings (SSSR count). The van der Waals surface area contributed by atoms with Gasteiger partial charge in [0.15, 0.2) is 5.92 Å². The molecule has 1 amide bonds. The molecule has 0 saturated carbocycles. The molecule has 96 valence electrons. The first-order valence-electron chi connectivity index (χ1n) is 5.68. The summed E-state index contributed by atoms with van der Waals surface area (Å²) >= 11 is 0. The molecule has 0 unspecified atom stereocenters. The van der Waals surface area contributed by atoms with E-state index in [2.05, 4.69) is 0 Å². The zero-order valence-corrected chi connectivity index (χ0v) is 10.2. The number of likely N-dealkylation sites (tertiary alicyclic amines) is 1. The topological polar surface area (TPSA) is 77.8 Å². The number of carbonyl (C=O) groups is 2. The van der Waals surface area contributed by atoms with E-state index in [4.69, 9.17) is 0 Å². The van der Waals surface area contributed by atoms with Crippen molar-refractivity contribution in [3.05, 3.63) is 35.9 Å². The van der Waals surface area contributed by atoms with E-state index in [-0.39, 0.29) is 0 Å². The van der Waals surface area contributed by atoms with Crippen molar-refractivity contribution in [3.63, 3.8) is 0 Å². The molecule has 1 aliphatic heterocycles. The Morgan fingerprint density at radius 3 is 2.39 bits per heavy atom. The SMILES string of the molecule is C[C@@H]1N(C)C(=O)[C@H](C(=O)O)[C@@]1(O)c1ccccc1. The number of amides is 1. The number of rotatable bonds is 2. The van der Waals surface area contributed by atoms with Crippen molar-refractivity contribution < 1.29 is 19.8 Å². The summed E-state index contributed by atoms with van der Waals surface area (Å²) in [6, 6.07) is 7.88. The van der Waals surface area contributed by atoms with E-state index in [1.165, 1.54) is 11.9 Å². The largest absolute Gasteiger partial charge is 0.481 e. The fourth-order valence-corrected chi connectivity index (χ4v) is 2.53. The number of carboxylic acid groups (broad SMARTS) is 1. The normalized spacial score (nSPS) is 31.7. The number of hydrogen-bond donors (Lipinski definition) is 2. The summed E-state index contributed by atoms with van der Waals surface area (Å²) in [4.78, 5) is 24.5. The molecule has 0 aliphatic carbocycles. The first-order chi connectivity index (χ1) is 8.40.